The number of carbonyl (C=O) groups excluding carboxylic acids is 2. The van der Waals surface area contributed by atoms with Gasteiger partial charge in [-0.1, -0.05) is 0 Å². The van der Waals surface area contributed by atoms with E-state index in [-0.39, 0.29) is 11.9 Å². The molecule has 2 aliphatic rings. The van der Waals surface area contributed by atoms with E-state index < -0.39 is 17.1 Å². The van der Waals surface area contributed by atoms with Crippen molar-refractivity contribution in [1.29, 1.82) is 0 Å². The van der Waals surface area contributed by atoms with Gasteiger partial charge in [0.1, 0.15) is 11.4 Å². The highest BCUT2D eigenvalue weighted by atomic mass is 16.6. The SMILES string of the molecule is CC(C)(C)OC(=O)N1CCC(=O)C2(CC(O)C2)C1. The van der Waals surface area contributed by atoms with E-state index >= 15 is 0 Å². The molecule has 0 aromatic carbocycles. The summed E-state index contributed by atoms with van der Waals surface area (Å²) in [5.41, 5.74) is -1.03. The third-order valence-electron chi connectivity index (χ3n) is 3.60. The molecule has 1 amide bonds. The molecule has 1 N–H and O–H groups in total. The van der Waals surface area contributed by atoms with Gasteiger partial charge < -0.3 is 14.7 Å². The molecule has 18 heavy (non-hydrogen) atoms. The molecule has 1 saturated heterocycles. The molecule has 2 rings (SSSR count). The molecule has 1 heterocycles. The molecule has 5 heteroatoms. The molecular formula is C13H21NO4. The average molecular weight is 255 g/mol. The monoisotopic (exact) mass is 255 g/mol. The first-order chi connectivity index (χ1) is 8.22. The molecule has 1 aliphatic heterocycles. The van der Waals surface area contributed by atoms with Crippen LogP contribution in [0.5, 0.6) is 0 Å². The zero-order chi connectivity index (χ0) is 13.6. The van der Waals surface area contributed by atoms with Gasteiger partial charge in [-0.2, -0.15) is 0 Å². The molecule has 2 fully saturated rings. The number of nitrogens with zero attached hydrogens (tertiary/aromatic N) is 1. The highest BCUT2D eigenvalue weighted by Crippen LogP contribution is 2.45. The Morgan fingerprint density at radius 3 is 2.56 bits per heavy atom. The number of amides is 1. The number of ether oxygens (including phenoxy) is 1. The quantitative estimate of drug-likeness (QED) is 0.709. The van der Waals surface area contributed by atoms with Gasteiger partial charge in [-0.3, -0.25) is 4.79 Å². The maximum Gasteiger partial charge on any atom is 0.410 e. The lowest BCUT2D eigenvalue weighted by Gasteiger charge is -2.49. The van der Waals surface area contributed by atoms with E-state index in [1.807, 2.05) is 20.8 Å². The van der Waals surface area contributed by atoms with Gasteiger partial charge in [-0.25, -0.2) is 4.79 Å². The van der Waals surface area contributed by atoms with E-state index in [2.05, 4.69) is 0 Å². The lowest BCUT2D eigenvalue weighted by molar-refractivity contribution is -0.149. The van der Waals surface area contributed by atoms with Gasteiger partial charge in [0.15, 0.2) is 0 Å². The van der Waals surface area contributed by atoms with Gasteiger partial charge in [0.25, 0.3) is 0 Å². The highest BCUT2D eigenvalue weighted by molar-refractivity contribution is 5.88. The molecular weight excluding hydrogens is 234 g/mol. The van der Waals surface area contributed by atoms with Crippen molar-refractivity contribution in [3.8, 4) is 0 Å². The summed E-state index contributed by atoms with van der Waals surface area (Å²) in [5, 5.41) is 9.41. The number of likely N-dealkylation sites (tertiary alicyclic amines) is 1. The Kier molecular flexibility index (Phi) is 3.13. The molecule has 0 atom stereocenters. The maximum atomic E-state index is 12.0. The molecule has 0 bridgehead atoms. The second kappa shape index (κ2) is 4.23. The van der Waals surface area contributed by atoms with Gasteiger partial charge in [0, 0.05) is 19.5 Å². The summed E-state index contributed by atoms with van der Waals surface area (Å²) in [4.78, 5) is 25.5. The third-order valence-corrected chi connectivity index (χ3v) is 3.60. The summed E-state index contributed by atoms with van der Waals surface area (Å²) < 4.78 is 5.31. The van der Waals surface area contributed by atoms with E-state index in [0.717, 1.165) is 0 Å². The zero-order valence-electron chi connectivity index (χ0n) is 11.2. The molecule has 1 spiro atoms. The van der Waals surface area contributed by atoms with Crippen molar-refractivity contribution < 1.29 is 19.4 Å². The summed E-state index contributed by atoms with van der Waals surface area (Å²) in [6.45, 7) is 6.28. The summed E-state index contributed by atoms with van der Waals surface area (Å²) in [5.74, 6) is 0.174. The van der Waals surface area contributed by atoms with E-state index in [0.29, 0.717) is 32.4 Å². The number of aliphatic hydroxyl groups is 1. The molecule has 1 saturated carbocycles. The molecule has 0 aromatic rings. The first kappa shape index (κ1) is 13.3. The second-order valence-electron chi connectivity index (χ2n) is 6.42. The van der Waals surface area contributed by atoms with E-state index in [9.17, 15) is 14.7 Å². The summed E-state index contributed by atoms with van der Waals surface area (Å²) in [6.07, 6.45) is 0.561. The van der Waals surface area contributed by atoms with E-state index in [4.69, 9.17) is 4.74 Å². The molecule has 102 valence electrons. The number of carbonyl (C=O) groups is 2. The first-order valence-electron chi connectivity index (χ1n) is 6.41. The van der Waals surface area contributed by atoms with Crippen molar-refractivity contribution in [1.82, 2.24) is 4.90 Å². The minimum atomic E-state index is -0.523. The minimum absolute atomic E-state index is 0.174. The average Bonchev–Trinajstić information content (AvgIpc) is 2.16. The van der Waals surface area contributed by atoms with Gasteiger partial charge in [0.05, 0.1) is 11.5 Å². The third kappa shape index (κ3) is 2.51. The fourth-order valence-corrected chi connectivity index (χ4v) is 2.72. The molecule has 1 aliphatic carbocycles. The standard InChI is InChI=1S/C13H21NO4/c1-12(2,3)18-11(17)14-5-4-10(16)13(8-14)6-9(15)7-13/h9,15H,4-8H2,1-3H3. The van der Waals surface area contributed by atoms with Crippen molar-refractivity contribution in [2.45, 2.75) is 51.7 Å². The van der Waals surface area contributed by atoms with Crippen molar-refractivity contribution in [2.24, 2.45) is 5.41 Å². The number of aliphatic hydroxyl groups excluding tert-OH is 1. The van der Waals surface area contributed by atoms with Crippen LogP contribution in [-0.2, 0) is 9.53 Å². The Bertz CT molecular complexity index is 366. The van der Waals surface area contributed by atoms with Crippen LogP contribution >= 0.6 is 0 Å². The first-order valence-corrected chi connectivity index (χ1v) is 6.41. The molecule has 0 aromatic heterocycles. The van der Waals surface area contributed by atoms with Gasteiger partial charge in [-0.05, 0) is 33.6 Å². The summed E-state index contributed by atoms with van der Waals surface area (Å²) >= 11 is 0. The van der Waals surface area contributed by atoms with Crippen molar-refractivity contribution in [3.63, 3.8) is 0 Å². The smallest absolute Gasteiger partial charge is 0.410 e. The van der Waals surface area contributed by atoms with Gasteiger partial charge in [0.2, 0.25) is 0 Å². The van der Waals surface area contributed by atoms with Crippen LogP contribution < -0.4 is 0 Å². The van der Waals surface area contributed by atoms with Gasteiger partial charge >= 0.3 is 6.09 Å². The number of rotatable bonds is 0. The van der Waals surface area contributed by atoms with Crippen molar-refractivity contribution in [3.05, 3.63) is 0 Å². The van der Waals surface area contributed by atoms with Crippen LogP contribution in [0.25, 0.3) is 0 Å². The molecule has 0 radical (unpaired) electrons. The normalized spacial score (nSPS) is 32.3. The zero-order valence-corrected chi connectivity index (χ0v) is 11.2. The van der Waals surface area contributed by atoms with Crippen LogP contribution in [0, 0.1) is 5.41 Å². The molecule has 5 nitrogen and oxygen atoms in total. The summed E-state index contributed by atoms with van der Waals surface area (Å²) in [7, 11) is 0. The Balaban J connectivity index is 2.00. The predicted octanol–water partition coefficient (Wildman–Crippen LogP) is 1.34. The summed E-state index contributed by atoms with van der Waals surface area (Å²) in [6, 6.07) is 0. The minimum Gasteiger partial charge on any atom is -0.444 e. The van der Waals surface area contributed by atoms with Crippen LogP contribution in [0.15, 0.2) is 0 Å². The van der Waals surface area contributed by atoms with Crippen LogP contribution in [-0.4, -0.2) is 46.7 Å². The maximum absolute atomic E-state index is 12.0. The predicted molar refractivity (Wildman–Crippen MR) is 65.1 cm³/mol. The van der Waals surface area contributed by atoms with Crippen molar-refractivity contribution >= 4 is 11.9 Å². The highest BCUT2D eigenvalue weighted by Gasteiger charge is 2.52. The Labute approximate surface area is 107 Å². The van der Waals surface area contributed by atoms with Crippen LogP contribution in [0.3, 0.4) is 0 Å². The number of hydrogen-bond acceptors (Lipinski definition) is 4. The van der Waals surface area contributed by atoms with E-state index in [1.165, 1.54) is 0 Å². The Hall–Kier alpha value is -1.10. The fraction of sp³-hybridized carbons (Fsp3) is 0.846. The number of ketones is 1. The Morgan fingerprint density at radius 1 is 1.44 bits per heavy atom. The van der Waals surface area contributed by atoms with Gasteiger partial charge in [-0.15, -0.1) is 0 Å². The largest absolute Gasteiger partial charge is 0.444 e. The fourth-order valence-electron chi connectivity index (χ4n) is 2.72. The van der Waals surface area contributed by atoms with Crippen molar-refractivity contribution in [2.75, 3.05) is 13.1 Å². The number of piperidine rings is 1. The van der Waals surface area contributed by atoms with Crippen LogP contribution in [0.4, 0.5) is 4.79 Å². The topological polar surface area (TPSA) is 66.8 Å². The lowest BCUT2D eigenvalue weighted by atomic mass is 9.62. The number of hydrogen-bond donors (Lipinski definition) is 1. The number of Topliss-reactive ketones (excluding diaryl/α,β-unsaturated/α-hetero) is 1. The molecule has 0 unspecified atom stereocenters. The van der Waals surface area contributed by atoms with E-state index in [1.54, 1.807) is 4.90 Å². The second-order valence-corrected chi connectivity index (χ2v) is 6.42. The Morgan fingerprint density at radius 2 is 2.06 bits per heavy atom. The van der Waals surface area contributed by atoms with Crippen LogP contribution in [0.1, 0.15) is 40.0 Å². The lowest BCUT2D eigenvalue weighted by Crippen LogP contribution is -2.59. The van der Waals surface area contributed by atoms with Crippen LogP contribution in [0.2, 0.25) is 0 Å².